The number of aromatic amines is 1. The van der Waals surface area contributed by atoms with Crippen LogP contribution in [0.1, 0.15) is 60.8 Å². The van der Waals surface area contributed by atoms with Crippen LogP contribution in [0.2, 0.25) is 0 Å². The summed E-state index contributed by atoms with van der Waals surface area (Å²) >= 11 is 0. The average molecular weight is 539 g/mol. The molecule has 8 nitrogen and oxygen atoms in total. The summed E-state index contributed by atoms with van der Waals surface area (Å²) in [4.78, 5) is 30.6. The summed E-state index contributed by atoms with van der Waals surface area (Å²) in [5, 5.41) is 10.8. The van der Waals surface area contributed by atoms with Gasteiger partial charge in [0.15, 0.2) is 0 Å². The molecule has 3 amide bonds. The number of benzene rings is 2. The number of rotatable bonds is 6. The smallest absolute Gasteiger partial charge is 0.324 e. The van der Waals surface area contributed by atoms with E-state index in [1.807, 2.05) is 66.4 Å². The largest absolute Gasteiger partial charge is 0.367 e. The number of nitrogens with one attached hydrogen (secondary N) is 3. The topological polar surface area (TPSA) is 95.1 Å². The Balaban J connectivity index is 1.21. The monoisotopic (exact) mass is 538 g/mol. The highest BCUT2D eigenvalue weighted by Crippen LogP contribution is 2.27. The van der Waals surface area contributed by atoms with Gasteiger partial charge in [0.2, 0.25) is 0 Å². The van der Waals surface area contributed by atoms with E-state index in [9.17, 15) is 9.59 Å². The van der Waals surface area contributed by atoms with Gasteiger partial charge in [0, 0.05) is 42.7 Å². The molecule has 5 rings (SSSR count). The van der Waals surface area contributed by atoms with E-state index in [4.69, 9.17) is 5.10 Å². The third-order valence-electron chi connectivity index (χ3n) is 7.45. The second kappa shape index (κ2) is 11.4. The summed E-state index contributed by atoms with van der Waals surface area (Å²) in [6, 6.07) is 19.5. The van der Waals surface area contributed by atoms with Crippen LogP contribution in [0, 0.1) is 12.8 Å². The Morgan fingerprint density at radius 1 is 1.00 bits per heavy atom. The highest BCUT2D eigenvalue weighted by Gasteiger charge is 2.24. The molecule has 208 valence electrons. The fourth-order valence-corrected chi connectivity index (χ4v) is 5.09. The number of likely N-dealkylation sites (tertiary alicyclic amines) is 1. The lowest BCUT2D eigenvalue weighted by Gasteiger charge is -2.32. The predicted molar refractivity (Wildman–Crippen MR) is 159 cm³/mol. The molecular formula is C32H38N6O2. The first-order chi connectivity index (χ1) is 19.2. The lowest BCUT2D eigenvalue weighted by molar-refractivity contribution is 0.0691. The summed E-state index contributed by atoms with van der Waals surface area (Å²) in [6.07, 6.45) is 6.38. The van der Waals surface area contributed by atoms with Gasteiger partial charge in [0.1, 0.15) is 5.82 Å². The van der Waals surface area contributed by atoms with Crippen molar-refractivity contribution in [3.8, 4) is 5.69 Å². The van der Waals surface area contributed by atoms with Gasteiger partial charge in [-0.15, -0.1) is 0 Å². The highest BCUT2D eigenvalue weighted by atomic mass is 16.2. The molecule has 4 aromatic rings. The molecule has 2 aromatic heterocycles. The van der Waals surface area contributed by atoms with E-state index < -0.39 is 0 Å². The van der Waals surface area contributed by atoms with Crippen LogP contribution in [0.5, 0.6) is 0 Å². The number of hydrogen-bond acceptors (Lipinski definition) is 3. The van der Waals surface area contributed by atoms with Gasteiger partial charge in [0.05, 0.1) is 16.9 Å². The summed E-state index contributed by atoms with van der Waals surface area (Å²) in [5.41, 5.74) is 5.41. The van der Waals surface area contributed by atoms with Crippen LogP contribution in [0.4, 0.5) is 16.3 Å². The molecule has 0 aliphatic carbocycles. The van der Waals surface area contributed by atoms with Gasteiger partial charge in [-0.1, -0.05) is 50.6 Å². The van der Waals surface area contributed by atoms with Crippen molar-refractivity contribution in [2.24, 2.45) is 5.92 Å². The zero-order valence-corrected chi connectivity index (χ0v) is 23.7. The normalized spacial score (nSPS) is 14.2. The molecule has 0 unspecified atom stereocenters. The molecule has 3 heterocycles. The molecule has 3 N–H and O–H groups in total. The van der Waals surface area contributed by atoms with Crippen molar-refractivity contribution >= 4 is 23.4 Å². The average Bonchev–Trinajstić information content (AvgIpc) is 3.60. The number of aromatic nitrogens is 3. The van der Waals surface area contributed by atoms with Crippen LogP contribution in [-0.4, -0.2) is 44.7 Å². The highest BCUT2D eigenvalue weighted by molar-refractivity contribution is 5.99. The van der Waals surface area contributed by atoms with Crippen LogP contribution >= 0.6 is 0 Å². The Hall–Kier alpha value is -4.33. The van der Waals surface area contributed by atoms with Crippen LogP contribution < -0.4 is 10.6 Å². The fraction of sp³-hybridized carbons (Fsp3) is 0.344. The predicted octanol–water partition coefficient (Wildman–Crippen LogP) is 6.55. The summed E-state index contributed by atoms with van der Waals surface area (Å²) in [6.45, 7) is 9.89. The van der Waals surface area contributed by atoms with Gasteiger partial charge in [-0.05, 0) is 68.0 Å². The molecule has 0 bridgehead atoms. The van der Waals surface area contributed by atoms with Crippen LogP contribution in [0.25, 0.3) is 5.69 Å². The maximum atomic E-state index is 13.1. The number of anilines is 2. The van der Waals surface area contributed by atoms with Gasteiger partial charge in [-0.25, -0.2) is 9.48 Å². The van der Waals surface area contributed by atoms with Gasteiger partial charge < -0.3 is 15.2 Å². The van der Waals surface area contributed by atoms with Gasteiger partial charge in [-0.2, -0.15) is 5.10 Å². The van der Waals surface area contributed by atoms with E-state index in [1.54, 1.807) is 17.1 Å². The van der Waals surface area contributed by atoms with Crippen molar-refractivity contribution in [1.82, 2.24) is 19.7 Å². The van der Waals surface area contributed by atoms with Crippen molar-refractivity contribution in [1.29, 1.82) is 0 Å². The Morgan fingerprint density at radius 2 is 1.75 bits per heavy atom. The minimum Gasteiger partial charge on any atom is -0.367 e. The quantitative estimate of drug-likeness (QED) is 0.260. The first-order valence-electron chi connectivity index (χ1n) is 13.9. The minimum absolute atomic E-state index is 0.0928. The number of carbonyl (C=O) groups is 2. The molecule has 0 radical (unpaired) electrons. The molecule has 1 aliphatic heterocycles. The second-order valence-corrected chi connectivity index (χ2v) is 11.7. The van der Waals surface area contributed by atoms with Crippen LogP contribution in [0.3, 0.4) is 0 Å². The zero-order valence-electron chi connectivity index (χ0n) is 23.7. The van der Waals surface area contributed by atoms with Crippen molar-refractivity contribution in [3.05, 3.63) is 95.4 Å². The standard InChI is InChI=1S/C32H38N6O2/c1-22-8-10-27(11-9-22)38-29(20-28(36-38)32(2,3)4)35-31(40)34-26-7-5-6-24(19-26)18-23-13-16-37(17-14-23)30(39)25-12-15-33-21-25/h5-12,15,19-21,23,33H,13-14,16-18H2,1-4H3,(H2,34,35,40). The Bertz CT molecular complexity index is 1460. The lowest BCUT2D eigenvalue weighted by atomic mass is 9.90. The first-order valence-corrected chi connectivity index (χ1v) is 13.9. The third kappa shape index (κ3) is 6.45. The Morgan fingerprint density at radius 3 is 2.42 bits per heavy atom. The molecule has 0 atom stereocenters. The van der Waals surface area contributed by atoms with Gasteiger partial charge in [0.25, 0.3) is 5.91 Å². The fourth-order valence-electron chi connectivity index (χ4n) is 5.09. The number of carbonyl (C=O) groups excluding carboxylic acids is 2. The summed E-state index contributed by atoms with van der Waals surface area (Å²) in [5.74, 6) is 1.21. The van der Waals surface area contributed by atoms with E-state index in [0.29, 0.717) is 17.3 Å². The van der Waals surface area contributed by atoms with Gasteiger partial charge >= 0.3 is 6.03 Å². The molecule has 0 saturated carbocycles. The van der Waals surface area contributed by atoms with Crippen molar-refractivity contribution in [2.45, 2.75) is 52.4 Å². The number of H-pyrrole nitrogens is 1. The maximum Gasteiger partial charge on any atom is 0.324 e. The third-order valence-corrected chi connectivity index (χ3v) is 7.45. The van der Waals surface area contributed by atoms with E-state index in [1.165, 1.54) is 5.56 Å². The maximum absolute atomic E-state index is 13.1. The van der Waals surface area contributed by atoms with Crippen LogP contribution in [0.15, 0.2) is 73.1 Å². The minimum atomic E-state index is -0.317. The van der Waals surface area contributed by atoms with E-state index in [2.05, 4.69) is 42.5 Å². The molecule has 0 spiro atoms. The van der Waals surface area contributed by atoms with Crippen molar-refractivity contribution in [3.63, 3.8) is 0 Å². The SMILES string of the molecule is Cc1ccc(-n2nc(C(C)(C)C)cc2NC(=O)Nc2cccc(CC3CCN(C(=O)c4cc[nH]c4)CC3)c2)cc1. The number of amides is 3. The number of aryl methyl sites for hydroxylation is 1. The number of piperidine rings is 1. The second-order valence-electron chi connectivity index (χ2n) is 11.7. The molecule has 1 saturated heterocycles. The van der Waals surface area contributed by atoms with Crippen molar-refractivity contribution in [2.75, 3.05) is 23.7 Å². The zero-order chi connectivity index (χ0) is 28.3. The summed E-state index contributed by atoms with van der Waals surface area (Å²) in [7, 11) is 0. The molecule has 1 fully saturated rings. The van der Waals surface area contributed by atoms with E-state index >= 15 is 0 Å². The number of nitrogens with zero attached hydrogens (tertiary/aromatic N) is 3. The summed E-state index contributed by atoms with van der Waals surface area (Å²) < 4.78 is 1.78. The number of hydrogen-bond donors (Lipinski definition) is 3. The Kier molecular flexibility index (Phi) is 7.78. The van der Waals surface area contributed by atoms with Crippen molar-refractivity contribution < 1.29 is 9.59 Å². The molecule has 2 aromatic carbocycles. The Labute approximate surface area is 235 Å². The number of urea groups is 1. The molecular weight excluding hydrogens is 500 g/mol. The first kappa shape index (κ1) is 27.2. The molecule has 1 aliphatic rings. The van der Waals surface area contributed by atoms with E-state index in [-0.39, 0.29) is 17.4 Å². The van der Waals surface area contributed by atoms with Gasteiger partial charge in [-0.3, -0.25) is 10.1 Å². The lowest BCUT2D eigenvalue weighted by Crippen LogP contribution is -2.38. The molecule has 40 heavy (non-hydrogen) atoms. The van der Waals surface area contributed by atoms with E-state index in [0.717, 1.165) is 55.0 Å². The van der Waals surface area contributed by atoms with Crippen LogP contribution in [-0.2, 0) is 11.8 Å². The molecule has 8 heteroatoms.